The highest BCUT2D eigenvalue weighted by Gasteiger charge is 2.29. The van der Waals surface area contributed by atoms with Crippen molar-refractivity contribution in [1.29, 1.82) is 0 Å². The predicted octanol–water partition coefficient (Wildman–Crippen LogP) is 1.57. The highest BCUT2D eigenvalue weighted by Crippen LogP contribution is 2.24. The molecule has 1 atom stereocenters. The Bertz CT molecular complexity index is 1010. The highest BCUT2D eigenvalue weighted by molar-refractivity contribution is 6.60. The van der Waals surface area contributed by atoms with Gasteiger partial charge in [0, 0.05) is 36.6 Å². The van der Waals surface area contributed by atoms with Gasteiger partial charge in [-0.25, -0.2) is 0 Å². The van der Waals surface area contributed by atoms with Gasteiger partial charge in [0.1, 0.15) is 0 Å². The van der Waals surface area contributed by atoms with Crippen LogP contribution in [-0.2, 0) is 15.9 Å². The Hall–Kier alpha value is -2.74. The van der Waals surface area contributed by atoms with E-state index in [-0.39, 0.29) is 12.5 Å². The molecule has 0 spiro atoms. The summed E-state index contributed by atoms with van der Waals surface area (Å²) in [4.78, 5) is 17.1. The summed E-state index contributed by atoms with van der Waals surface area (Å²) in [5, 5.41) is 15.2. The molecule has 28 heavy (non-hydrogen) atoms. The van der Waals surface area contributed by atoms with Crippen molar-refractivity contribution in [2.75, 3.05) is 18.5 Å². The maximum atomic E-state index is 13.0. The second-order valence-electron chi connectivity index (χ2n) is 6.96. The van der Waals surface area contributed by atoms with E-state index < -0.39 is 13.0 Å². The topological polar surface area (TPSA) is 97.5 Å². The van der Waals surface area contributed by atoms with Gasteiger partial charge in [-0.1, -0.05) is 24.3 Å². The number of anilines is 1. The first-order valence-electron chi connectivity index (χ1n) is 9.43. The number of benzene rings is 2. The summed E-state index contributed by atoms with van der Waals surface area (Å²) in [5.74, 6) is -0.669. The maximum absolute atomic E-state index is 13.0. The monoisotopic (exact) mass is 375 g/mol. The number of carbonyl (C=O) groups is 1. The molecule has 142 valence electrons. The second kappa shape index (κ2) is 8.10. The molecule has 0 radical (unpaired) electrons. The van der Waals surface area contributed by atoms with Crippen LogP contribution in [0.2, 0.25) is 0 Å². The van der Waals surface area contributed by atoms with Crippen molar-refractivity contribution < 1.29 is 14.5 Å². The number of hydrogen-bond donors (Lipinski definition) is 3. The van der Waals surface area contributed by atoms with E-state index >= 15 is 0 Å². The predicted molar refractivity (Wildman–Crippen MR) is 110 cm³/mol. The third-order valence-corrected chi connectivity index (χ3v) is 5.20. The summed E-state index contributed by atoms with van der Waals surface area (Å²) >= 11 is 0. The number of nitrogens with two attached hydrogens (primary N) is 1. The Morgan fingerprint density at radius 1 is 1.29 bits per heavy atom. The number of rotatable bonds is 4. The Morgan fingerprint density at radius 2 is 2.18 bits per heavy atom. The Morgan fingerprint density at radius 3 is 3.04 bits per heavy atom. The molecule has 0 saturated carbocycles. The quantitative estimate of drug-likeness (QED) is 0.602. The average molecular weight is 375 g/mol. The molecule has 2 aromatic carbocycles. The van der Waals surface area contributed by atoms with Gasteiger partial charge in [-0.3, -0.25) is 9.78 Å². The van der Waals surface area contributed by atoms with Gasteiger partial charge in [-0.2, -0.15) is 0 Å². The van der Waals surface area contributed by atoms with Gasteiger partial charge in [0.2, 0.25) is 5.91 Å². The molecular formula is C21H22BN3O3. The number of carbonyl (C=O) groups excluding carboxylic acids is 1. The van der Waals surface area contributed by atoms with Crippen molar-refractivity contribution in [3.8, 4) is 0 Å². The number of fused-ring (bicyclic) bond motifs is 2. The molecule has 0 saturated heterocycles. The smallest absolute Gasteiger partial charge is 0.423 e. The van der Waals surface area contributed by atoms with Crippen LogP contribution in [0, 0.1) is 0 Å². The third-order valence-electron chi connectivity index (χ3n) is 5.20. The van der Waals surface area contributed by atoms with E-state index in [1.165, 1.54) is 0 Å². The molecule has 1 aromatic heterocycles. The summed E-state index contributed by atoms with van der Waals surface area (Å²) in [6.45, 7) is 0.664. The maximum Gasteiger partial charge on any atom is 0.491 e. The molecule has 0 bridgehead atoms. The van der Waals surface area contributed by atoms with Gasteiger partial charge in [0.05, 0.1) is 5.92 Å². The van der Waals surface area contributed by atoms with Crippen LogP contribution in [0.15, 0.2) is 54.9 Å². The molecule has 1 aliphatic heterocycles. The van der Waals surface area contributed by atoms with Crippen molar-refractivity contribution in [3.63, 3.8) is 0 Å². The van der Waals surface area contributed by atoms with Crippen LogP contribution in [0.25, 0.3) is 10.8 Å². The van der Waals surface area contributed by atoms with Gasteiger partial charge < -0.3 is 20.7 Å². The van der Waals surface area contributed by atoms with Crippen molar-refractivity contribution >= 4 is 34.9 Å². The first-order valence-corrected chi connectivity index (χ1v) is 9.43. The molecule has 7 heteroatoms. The summed E-state index contributed by atoms with van der Waals surface area (Å²) in [7, 11) is -0.965. The van der Waals surface area contributed by atoms with Crippen molar-refractivity contribution in [2.24, 2.45) is 5.73 Å². The Labute approximate surface area is 163 Å². The van der Waals surface area contributed by atoms with Crippen LogP contribution in [0.4, 0.5) is 5.69 Å². The third kappa shape index (κ3) is 3.64. The van der Waals surface area contributed by atoms with Crippen molar-refractivity contribution in [2.45, 2.75) is 18.8 Å². The molecule has 1 unspecified atom stereocenters. The highest BCUT2D eigenvalue weighted by atomic mass is 16.5. The van der Waals surface area contributed by atoms with Gasteiger partial charge in [0.15, 0.2) is 0 Å². The normalized spacial score (nSPS) is 15.0. The molecule has 3 aromatic rings. The minimum atomic E-state index is -0.965. The fourth-order valence-corrected chi connectivity index (χ4v) is 3.77. The molecular weight excluding hydrogens is 353 g/mol. The minimum absolute atomic E-state index is 0.163. The van der Waals surface area contributed by atoms with Gasteiger partial charge in [-0.05, 0) is 53.0 Å². The van der Waals surface area contributed by atoms with Crippen LogP contribution in [-0.4, -0.2) is 36.2 Å². The van der Waals surface area contributed by atoms with Crippen LogP contribution < -0.4 is 16.5 Å². The Kier molecular flexibility index (Phi) is 5.39. The zero-order valence-electron chi connectivity index (χ0n) is 15.5. The average Bonchev–Trinajstić information content (AvgIpc) is 2.91. The van der Waals surface area contributed by atoms with Gasteiger partial charge in [-0.15, -0.1) is 0 Å². The van der Waals surface area contributed by atoms with E-state index in [9.17, 15) is 9.82 Å². The van der Waals surface area contributed by atoms with Gasteiger partial charge in [0.25, 0.3) is 0 Å². The van der Waals surface area contributed by atoms with Crippen LogP contribution >= 0.6 is 0 Å². The second-order valence-corrected chi connectivity index (χ2v) is 6.96. The number of nitrogens with zero attached hydrogens (tertiary/aromatic N) is 1. The summed E-state index contributed by atoms with van der Waals surface area (Å²) in [6.07, 6.45) is 5.05. The van der Waals surface area contributed by atoms with E-state index in [1.807, 2.05) is 42.5 Å². The van der Waals surface area contributed by atoms with Crippen molar-refractivity contribution in [1.82, 2.24) is 4.98 Å². The zero-order chi connectivity index (χ0) is 19.5. The lowest BCUT2D eigenvalue weighted by molar-refractivity contribution is -0.117. The largest absolute Gasteiger partial charge is 0.491 e. The zero-order valence-corrected chi connectivity index (χ0v) is 15.5. The lowest BCUT2D eigenvalue weighted by atomic mass is 9.73. The molecule has 1 amide bonds. The first kappa shape index (κ1) is 18.6. The number of amides is 1. The molecule has 4 N–H and O–H groups in total. The molecule has 1 aliphatic rings. The van der Waals surface area contributed by atoms with E-state index in [1.54, 1.807) is 12.4 Å². The van der Waals surface area contributed by atoms with Crippen LogP contribution in [0.1, 0.15) is 23.5 Å². The minimum Gasteiger partial charge on any atom is -0.423 e. The molecule has 4 rings (SSSR count). The van der Waals surface area contributed by atoms with E-state index in [2.05, 4.69) is 10.3 Å². The lowest BCUT2D eigenvalue weighted by Crippen LogP contribution is -2.37. The molecule has 0 fully saturated rings. The lowest BCUT2D eigenvalue weighted by Gasteiger charge is -2.20. The molecule has 2 heterocycles. The number of hydrogen-bond acceptors (Lipinski definition) is 5. The van der Waals surface area contributed by atoms with Gasteiger partial charge >= 0.3 is 7.12 Å². The van der Waals surface area contributed by atoms with E-state index in [0.717, 1.165) is 40.2 Å². The van der Waals surface area contributed by atoms with E-state index in [4.69, 9.17) is 10.4 Å². The SMILES string of the molecule is NCC(C(=O)Nc1ccc2cnccc2c1)c1cccc2c1CCCOB2O. The molecule has 6 nitrogen and oxygen atoms in total. The summed E-state index contributed by atoms with van der Waals surface area (Å²) < 4.78 is 5.41. The number of nitrogens with one attached hydrogen (secondary N) is 1. The fraction of sp³-hybridized carbons (Fsp3) is 0.238. The summed E-state index contributed by atoms with van der Waals surface area (Å²) in [5.41, 5.74) is 9.25. The van der Waals surface area contributed by atoms with Crippen LogP contribution in [0.5, 0.6) is 0 Å². The standard InChI is InChI=1S/C21H22BN3O3/c23-12-19(17-3-1-5-20-18(17)4-2-10-28-22(20)27)21(26)25-16-7-6-15-13-24-9-8-14(15)11-16/h1,3,5-9,11,13,19,27H,2,4,10,12,23H2,(H,25,26). The number of pyridine rings is 1. The first-order chi connectivity index (χ1) is 13.7. The van der Waals surface area contributed by atoms with Crippen molar-refractivity contribution in [3.05, 3.63) is 66.0 Å². The molecule has 0 aliphatic carbocycles. The van der Waals surface area contributed by atoms with E-state index in [0.29, 0.717) is 12.3 Å². The Balaban J connectivity index is 1.63. The number of aromatic nitrogens is 1. The summed E-state index contributed by atoms with van der Waals surface area (Å²) in [6, 6.07) is 13.2. The van der Waals surface area contributed by atoms with Crippen LogP contribution in [0.3, 0.4) is 0 Å². The fourth-order valence-electron chi connectivity index (χ4n) is 3.77.